The minimum atomic E-state index is 0.00189. The first kappa shape index (κ1) is 17.1. The summed E-state index contributed by atoms with van der Waals surface area (Å²) in [6, 6.07) is 5.38. The summed E-state index contributed by atoms with van der Waals surface area (Å²) in [5, 5.41) is 0.600. The predicted molar refractivity (Wildman–Crippen MR) is 106 cm³/mol. The summed E-state index contributed by atoms with van der Waals surface area (Å²) in [4.78, 5) is 27.7. The third-order valence-corrected chi connectivity index (χ3v) is 5.42. The van der Waals surface area contributed by atoms with Crippen LogP contribution in [0.3, 0.4) is 0 Å². The summed E-state index contributed by atoms with van der Waals surface area (Å²) >= 11 is 6.05. The van der Waals surface area contributed by atoms with E-state index in [0.717, 1.165) is 30.1 Å². The van der Waals surface area contributed by atoms with Crippen molar-refractivity contribution < 1.29 is 9.53 Å². The molecule has 0 spiro atoms. The fourth-order valence-electron chi connectivity index (χ4n) is 3.75. The fourth-order valence-corrected chi connectivity index (χ4v) is 3.92. The van der Waals surface area contributed by atoms with Crippen LogP contribution < -0.4 is 14.5 Å². The molecule has 4 heterocycles. The molecule has 1 fully saturated rings. The number of hydrogen-bond donors (Lipinski definition) is 0. The molecule has 9 heteroatoms. The van der Waals surface area contributed by atoms with E-state index in [1.165, 1.54) is 0 Å². The Balaban J connectivity index is 1.31. The van der Waals surface area contributed by atoms with Crippen molar-refractivity contribution in [2.45, 2.75) is 0 Å². The van der Waals surface area contributed by atoms with Crippen molar-refractivity contribution in [1.29, 1.82) is 0 Å². The van der Waals surface area contributed by atoms with Gasteiger partial charge in [-0.2, -0.15) is 0 Å². The van der Waals surface area contributed by atoms with Crippen molar-refractivity contribution in [1.82, 2.24) is 19.3 Å². The smallest absolute Gasteiger partial charge is 0.324 e. The molecule has 0 atom stereocenters. The van der Waals surface area contributed by atoms with E-state index in [2.05, 4.69) is 14.9 Å². The summed E-state index contributed by atoms with van der Waals surface area (Å²) in [7, 11) is 0. The maximum atomic E-state index is 13.1. The average molecular weight is 399 g/mol. The molecule has 1 saturated heterocycles. The lowest BCUT2D eigenvalue weighted by Crippen LogP contribution is -2.54. The molecule has 2 amide bonds. The van der Waals surface area contributed by atoms with Gasteiger partial charge in [-0.25, -0.2) is 14.8 Å². The Bertz CT molecular complexity index is 1030. The topological polar surface area (TPSA) is 66.2 Å². The number of aromatic nitrogens is 3. The molecule has 0 unspecified atom stereocenters. The van der Waals surface area contributed by atoms with E-state index >= 15 is 0 Å². The number of ether oxygens (including phenoxy) is 1. The molecule has 0 aliphatic carbocycles. The first-order chi connectivity index (χ1) is 13.7. The maximum Gasteiger partial charge on any atom is 0.324 e. The van der Waals surface area contributed by atoms with E-state index in [0.29, 0.717) is 37.0 Å². The van der Waals surface area contributed by atoms with Crippen molar-refractivity contribution >= 4 is 34.7 Å². The van der Waals surface area contributed by atoms with Gasteiger partial charge in [-0.05, 0) is 12.1 Å². The van der Waals surface area contributed by atoms with E-state index in [1.807, 2.05) is 27.8 Å². The van der Waals surface area contributed by atoms with E-state index in [-0.39, 0.29) is 6.03 Å². The van der Waals surface area contributed by atoms with Gasteiger partial charge in [0.2, 0.25) is 0 Å². The number of urea groups is 1. The van der Waals surface area contributed by atoms with Crippen molar-refractivity contribution in [3.8, 4) is 5.75 Å². The third kappa shape index (κ3) is 2.90. The highest BCUT2D eigenvalue weighted by molar-refractivity contribution is 6.30. The highest BCUT2D eigenvalue weighted by Crippen LogP contribution is 2.34. The van der Waals surface area contributed by atoms with Gasteiger partial charge in [-0.15, -0.1) is 0 Å². The van der Waals surface area contributed by atoms with Crippen LogP contribution in [0.5, 0.6) is 5.75 Å². The molecule has 5 rings (SSSR count). The Morgan fingerprint density at radius 2 is 2.00 bits per heavy atom. The summed E-state index contributed by atoms with van der Waals surface area (Å²) < 4.78 is 7.61. The van der Waals surface area contributed by atoms with E-state index in [1.54, 1.807) is 29.6 Å². The highest BCUT2D eigenvalue weighted by atomic mass is 35.5. The zero-order valence-electron chi connectivity index (χ0n) is 15.2. The largest absolute Gasteiger partial charge is 0.489 e. The van der Waals surface area contributed by atoms with Gasteiger partial charge < -0.3 is 18.9 Å². The fraction of sp³-hybridized carbons (Fsp3) is 0.316. The zero-order chi connectivity index (χ0) is 19.1. The summed E-state index contributed by atoms with van der Waals surface area (Å²) in [6.45, 7) is 3.71. The number of piperazine rings is 1. The molecule has 28 heavy (non-hydrogen) atoms. The van der Waals surface area contributed by atoms with Crippen LogP contribution in [0.25, 0.3) is 5.52 Å². The van der Waals surface area contributed by atoms with Gasteiger partial charge in [-0.3, -0.25) is 4.90 Å². The lowest BCUT2D eigenvalue weighted by atomic mass is 10.2. The molecule has 3 aromatic rings. The minimum absolute atomic E-state index is 0.00189. The Morgan fingerprint density at radius 3 is 2.86 bits per heavy atom. The van der Waals surface area contributed by atoms with E-state index in [4.69, 9.17) is 16.3 Å². The SMILES string of the molecule is O=C(N1CCN(c2nccn3cncc23)CC1)N1CCOc2cc(Cl)ccc21. The van der Waals surface area contributed by atoms with E-state index < -0.39 is 0 Å². The number of fused-ring (bicyclic) bond motifs is 2. The summed E-state index contributed by atoms with van der Waals surface area (Å²) in [5.74, 6) is 1.56. The van der Waals surface area contributed by atoms with Crippen molar-refractivity contribution in [2.75, 3.05) is 49.1 Å². The number of anilines is 2. The maximum absolute atomic E-state index is 13.1. The van der Waals surface area contributed by atoms with Crippen LogP contribution >= 0.6 is 11.6 Å². The second kappa shape index (κ2) is 6.87. The molecule has 0 N–H and O–H groups in total. The van der Waals surface area contributed by atoms with Crippen LogP contribution in [-0.4, -0.2) is 64.6 Å². The molecular weight excluding hydrogens is 380 g/mol. The van der Waals surface area contributed by atoms with Gasteiger partial charge >= 0.3 is 6.03 Å². The van der Waals surface area contributed by atoms with Crippen LogP contribution in [0.4, 0.5) is 16.3 Å². The Labute approximate surface area is 166 Å². The molecule has 2 aromatic heterocycles. The third-order valence-electron chi connectivity index (χ3n) is 5.18. The first-order valence-electron chi connectivity index (χ1n) is 9.21. The second-order valence-corrected chi connectivity index (χ2v) is 7.24. The lowest BCUT2D eigenvalue weighted by molar-refractivity contribution is 0.196. The Hall–Kier alpha value is -3.00. The lowest BCUT2D eigenvalue weighted by Gasteiger charge is -2.39. The monoisotopic (exact) mass is 398 g/mol. The van der Waals surface area contributed by atoms with Crippen molar-refractivity contribution in [2.24, 2.45) is 0 Å². The van der Waals surface area contributed by atoms with Gasteiger partial charge in [0, 0.05) is 49.7 Å². The Morgan fingerprint density at radius 1 is 1.14 bits per heavy atom. The van der Waals surface area contributed by atoms with Gasteiger partial charge in [0.05, 0.1) is 24.8 Å². The van der Waals surface area contributed by atoms with Gasteiger partial charge in [0.25, 0.3) is 0 Å². The normalized spacial score (nSPS) is 16.8. The number of halogens is 1. The molecule has 1 aromatic carbocycles. The molecule has 0 bridgehead atoms. The number of carbonyl (C=O) groups is 1. The van der Waals surface area contributed by atoms with Crippen LogP contribution in [0.1, 0.15) is 0 Å². The summed E-state index contributed by atoms with van der Waals surface area (Å²) in [6.07, 6.45) is 7.24. The quantitative estimate of drug-likeness (QED) is 0.630. The van der Waals surface area contributed by atoms with E-state index in [9.17, 15) is 4.79 Å². The molecule has 2 aliphatic rings. The van der Waals surface area contributed by atoms with Crippen molar-refractivity contribution in [3.05, 3.63) is 48.1 Å². The highest BCUT2D eigenvalue weighted by Gasteiger charge is 2.30. The standard InChI is InChI=1S/C19H19ClN6O2/c20-14-1-2-15-17(11-14)28-10-9-26(15)19(27)24-7-5-23(6-8-24)18-16-12-21-13-25(16)4-3-22-18/h1-4,11-13H,5-10H2. The minimum Gasteiger partial charge on any atom is -0.489 e. The van der Waals surface area contributed by atoms with Gasteiger partial charge in [0.15, 0.2) is 5.82 Å². The molecule has 144 valence electrons. The Kier molecular flexibility index (Phi) is 4.20. The van der Waals surface area contributed by atoms with Crippen LogP contribution in [0.2, 0.25) is 5.02 Å². The number of benzene rings is 1. The number of carbonyl (C=O) groups excluding carboxylic acids is 1. The number of nitrogens with zero attached hydrogens (tertiary/aromatic N) is 6. The summed E-state index contributed by atoms with van der Waals surface area (Å²) in [5.41, 5.74) is 1.75. The molecule has 0 saturated carbocycles. The van der Waals surface area contributed by atoms with Crippen LogP contribution in [-0.2, 0) is 0 Å². The molecular formula is C19H19ClN6O2. The molecule has 2 aliphatic heterocycles. The van der Waals surface area contributed by atoms with Crippen molar-refractivity contribution in [3.63, 3.8) is 0 Å². The van der Waals surface area contributed by atoms with Gasteiger partial charge in [0.1, 0.15) is 17.9 Å². The predicted octanol–water partition coefficient (Wildman–Crippen LogP) is 2.52. The number of imidazole rings is 1. The molecule has 8 nitrogen and oxygen atoms in total. The zero-order valence-corrected chi connectivity index (χ0v) is 15.9. The molecule has 0 radical (unpaired) electrons. The number of rotatable bonds is 1. The van der Waals surface area contributed by atoms with Gasteiger partial charge in [-0.1, -0.05) is 11.6 Å². The van der Waals surface area contributed by atoms with Crippen LogP contribution in [0, 0.1) is 0 Å². The van der Waals surface area contributed by atoms with Crippen LogP contribution in [0.15, 0.2) is 43.1 Å². The number of amides is 2. The number of hydrogen-bond acceptors (Lipinski definition) is 5. The first-order valence-corrected chi connectivity index (χ1v) is 9.59. The second-order valence-electron chi connectivity index (χ2n) is 6.81. The average Bonchev–Trinajstić information content (AvgIpc) is 3.22.